The van der Waals surface area contributed by atoms with Crippen molar-refractivity contribution in [2.45, 2.75) is 335 Å². The normalized spacial score (nSPS) is 12.3. The van der Waals surface area contributed by atoms with Crippen LogP contribution < -0.4 is 0 Å². The largest absolute Gasteiger partial charge is 0.462 e. The SMILES string of the molecule is CC/C=C\C/C=C\C/C=C\C/C=C\CCCCCCCCCCCCCCC(=O)OCC(COC(=O)CCCCCCCCCCCCC)OC(=O)CCCCCCCCCCCCCCCCCCC. The molecule has 0 fully saturated rings. The molecule has 6 nitrogen and oxygen atoms in total. The molecular formula is C65H118O6. The van der Waals surface area contributed by atoms with Gasteiger partial charge in [0.05, 0.1) is 0 Å². The molecule has 6 heteroatoms. The molecule has 0 amide bonds. The van der Waals surface area contributed by atoms with Gasteiger partial charge in [-0.25, -0.2) is 0 Å². The van der Waals surface area contributed by atoms with Crippen molar-refractivity contribution >= 4 is 17.9 Å². The van der Waals surface area contributed by atoms with Crippen molar-refractivity contribution in [1.29, 1.82) is 0 Å². The van der Waals surface area contributed by atoms with Gasteiger partial charge in [0.2, 0.25) is 0 Å². The number of unbranched alkanes of at least 4 members (excludes halogenated alkanes) is 38. The summed E-state index contributed by atoms with van der Waals surface area (Å²) < 4.78 is 16.9. The van der Waals surface area contributed by atoms with Crippen LogP contribution in [-0.2, 0) is 28.6 Å². The second-order valence-electron chi connectivity index (χ2n) is 21.0. The quantitative estimate of drug-likeness (QED) is 0.0261. The topological polar surface area (TPSA) is 78.9 Å². The highest BCUT2D eigenvalue weighted by molar-refractivity contribution is 5.71. The summed E-state index contributed by atoms with van der Waals surface area (Å²) in [7, 11) is 0. The summed E-state index contributed by atoms with van der Waals surface area (Å²) in [4.78, 5) is 38.2. The summed E-state index contributed by atoms with van der Waals surface area (Å²) >= 11 is 0. The van der Waals surface area contributed by atoms with E-state index in [1.807, 2.05) is 0 Å². The van der Waals surface area contributed by atoms with Gasteiger partial charge in [-0.1, -0.05) is 301 Å². The summed E-state index contributed by atoms with van der Waals surface area (Å²) in [6, 6.07) is 0. The molecule has 0 aliphatic carbocycles. The summed E-state index contributed by atoms with van der Waals surface area (Å²) in [6.45, 7) is 6.57. The van der Waals surface area contributed by atoms with E-state index in [1.165, 1.54) is 205 Å². The molecule has 1 atom stereocenters. The molecule has 0 radical (unpaired) electrons. The van der Waals surface area contributed by atoms with Crippen molar-refractivity contribution < 1.29 is 28.6 Å². The van der Waals surface area contributed by atoms with Crippen LogP contribution in [0.2, 0.25) is 0 Å². The molecule has 0 aliphatic rings. The monoisotopic (exact) mass is 995 g/mol. The number of allylic oxidation sites excluding steroid dienone is 8. The van der Waals surface area contributed by atoms with Crippen molar-refractivity contribution in [3.8, 4) is 0 Å². The molecule has 0 saturated carbocycles. The Kier molecular flexibility index (Phi) is 57.7. The first-order chi connectivity index (χ1) is 35.0. The Hall–Kier alpha value is -2.63. The predicted molar refractivity (Wildman–Crippen MR) is 307 cm³/mol. The number of rotatable bonds is 57. The zero-order valence-corrected chi connectivity index (χ0v) is 47.5. The summed E-state index contributed by atoms with van der Waals surface area (Å²) in [5, 5.41) is 0. The van der Waals surface area contributed by atoms with Crippen molar-refractivity contribution in [3.63, 3.8) is 0 Å². The third kappa shape index (κ3) is 58.1. The first kappa shape index (κ1) is 68.4. The van der Waals surface area contributed by atoms with Crippen LogP contribution in [0.4, 0.5) is 0 Å². The minimum atomic E-state index is -0.769. The van der Waals surface area contributed by atoms with Crippen molar-refractivity contribution in [2.24, 2.45) is 0 Å². The van der Waals surface area contributed by atoms with Gasteiger partial charge in [-0.15, -0.1) is 0 Å². The van der Waals surface area contributed by atoms with Gasteiger partial charge < -0.3 is 14.2 Å². The molecular weight excluding hydrogens is 877 g/mol. The molecule has 0 spiro atoms. The molecule has 0 bridgehead atoms. The van der Waals surface area contributed by atoms with E-state index in [0.717, 1.165) is 83.5 Å². The number of carbonyl (C=O) groups is 3. The van der Waals surface area contributed by atoms with Crippen LogP contribution in [0.1, 0.15) is 329 Å². The highest BCUT2D eigenvalue weighted by atomic mass is 16.6. The molecule has 0 N–H and O–H groups in total. The van der Waals surface area contributed by atoms with Crippen molar-refractivity contribution in [3.05, 3.63) is 48.6 Å². The van der Waals surface area contributed by atoms with E-state index in [-0.39, 0.29) is 31.1 Å². The van der Waals surface area contributed by atoms with Crippen LogP contribution in [0, 0.1) is 0 Å². The molecule has 414 valence electrons. The average molecular weight is 996 g/mol. The molecule has 0 aromatic carbocycles. The fraction of sp³-hybridized carbons (Fsp3) is 0.831. The second-order valence-corrected chi connectivity index (χ2v) is 21.0. The fourth-order valence-electron chi connectivity index (χ4n) is 9.20. The standard InChI is InChI=1S/C65H118O6/c1-4-7-10-13-16-19-22-24-26-28-29-30-31-32-33-34-35-37-38-40-43-46-49-52-55-58-64(67)70-61-62(60-69-63(66)57-54-51-48-45-42-21-18-15-12-9-6-3)71-65(68)59-56-53-50-47-44-41-39-36-27-25-23-20-17-14-11-8-5-2/h7,10,16,19,24,26,29-30,62H,4-6,8-9,11-15,17-18,20-23,25,27-28,31-61H2,1-3H3/b10-7-,19-16-,26-24-,30-29-. The van der Waals surface area contributed by atoms with Crippen LogP contribution in [0.15, 0.2) is 48.6 Å². The highest BCUT2D eigenvalue weighted by Gasteiger charge is 2.19. The average Bonchev–Trinajstić information content (AvgIpc) is 3.37. The van der Waals surface area contributed by atoms with Crippen LogP contribution in [-0.4, -0.2) is 37.2 Å². The molecule has 71 heavy (non-hydrogen) atoms. The van der Waals surface area contributed by atoms with E-state index >= 15 is 0 Å². The maximum absolute atomic E-state index is 12.9. The number of ether oxygens (including phenoxy) is 3. The minimum absolute atomic E-state index is 0.0678. The molecule has 0 aromatic heterocycles. The van der Waals surface area contributed by atoms with Gasteiger partial charge in [0.25, 0.3) is 0 Å². The van der Waals surface area contributed by atoms with Gasteiger partial charge in [-0.05, 0) is 57.8 Å². The lowest BCUT2D eigenvalue weighted by molar-refractivity contribution is -0.167. The lowest BCUT2D eigenvalue weighted by atomic mass is 10.0. The van der Waals surface area contributed by atoms with E-state index < -0.39 is 6.10 Å². The third-order valence-electron chi connectivity index (χ3n) is 13.8. The van der Waals surface area contributed by atoms with Crippen LogP contribution in [0.5, 0.6) is 0 Å². The number of esters is 3. The first-order valence-corrected chi connectivity index (χ1v) is 31.1. The molecule has 0 rings (SSSR count). The van der Waals surface area contributed by atoms with Crippen LogP contribution >= 0.6 is 0 Å². The maximum Gasteiger partial charge on any atom is 0.306 e. The van der Waals surface area contributed by atoms with Crippen LogP contribution in [0.25, 0.3) is 0 Å². The molecule has 0 heterocycles. The van der Waals surface area contributed by atoms with E-state index in [1.54, 1.807) is 0 Å². The Balaban J connectivity index is 4.22. The van der Waals surface area contributed by atoms with E-state index in [9.17, 15) is 14.4 Å². The minimum Gasteiger partial charge on any atom is -0.462 e. The zero-order valence-electron chi connectivity index (χ0n) is 47.5. The smallest absolute Gasteiger partial charge is 0.306 e. The number of hydrogen-bond acceptors (Lipinski definition) is 6. The fourth-order valence-corrected chi connectivity index (χ4v) is 9.20. The lowest BCUT2D eigenvalue weighted by Gasteiger charge is -2.18. The maximum atomic E-state index is 12.9. The molecule has 0 saturated heterocycles. The number of hydrogen-bond donors (Lipinski definition) is 0. The van der Waals surface area contributed by atoms with Crippen molar-refractivity contribution in [1.82, 2.24) is 0 Å². The summed E-state index contributed by atoms with van der Waals surface area (Å²) in [5.74, 6) is -0.850. The zero-order chi connectivity index (χ0) is 51.4. The summed E-state index contributed by atoms with van der Waals surface area (Å²) in [6.07, 6.45) is 74.0. The van der Waals surface area contributed by atoms with E-state index in [4.69, 9.17) is 14.2 Å². The van der Waals surface area contributed by atoms with E-state index in [0.29, 0.717) is 19.3 Å². The Morgan fingerprint density at radius 2 is 0.549 bits per heavy atom. The van der Waals surface area contributed by atoms with E-state index in [2.05, 4.69) is 69.4 Å². The molecule has 0 aliphatic heterocycles. The van der Waals surface area contributed by atoms with Gasteiger partial charge in [0.1, 0.15) is 13.2 Å². The molecule has 1 unspecified atom stereocenters. The molecule has 0 aromatic rings. The number of carbonyl (C=O) groups excluding carboxylic acids is 3. The first-order valence-electron chi connectivity index (χ1n) is 31.1. The lowest BCUT2D eigenvalue weighted by Crippen LogP contribution is -2.30. The Labute approximate surface area is 441 Å². The van der Waals surface area contributed by atoms with Crippen LogP contribution in [0.3, 0.4) is 0 Å². The van der Waals surface area contributed by atoms with Gasteiger partial charge in [0.15, 0.2) is 6.10 Å². The van der Waals surface area contributed by atoms with Crippen molar-refractivity contribution in [2.75, 3.05) is 13.2 Å². The predicted octanol–water partition coefficient (Wildman–Crippen LogP) is 21.0. The second kappa shape index (κ2) is 59.9. The van der Waals surface area contributed by atoms with Gasteiger partial charge in [0, 0.05) is 19.3 Å². The Bertz CT molecular complexity index is 1230. The highest BCUT2D eigenvalue weighted by Crippen LogP contribution is 2.17. The third-order valence-corrected chi connectivity index (χ3v) is 13.8. The Morgan fingerprint density at radius 3 is 0.859 bits per heavy atom. The Morgan fingerprint density at radius 1 is 0.296 bits per heavy atom. The van der Waals surface area contributed by atoms with Gasteiger partial charge in [-0.2, -0.15) is 0 Å². The van der Waals surface area contributed by atoms with Gasteiger partial charge in [-0.3, -0.25) is 14.4 Å². The summed E-state index contributed by atoms with van der Waals surface area (Å²) in [5.41, 5.74) is 0. The van der Waals surface area contributed by atoms with Gasteiger partial charge >= 0.3 is 17.9 Å².